The number of carbonyl (C=O) groups is 1. The first-order valence-electron chi connectivity index (χ1n) is 10.5. The van der Waals surface area contributed by atoms with Crippen LogP contribution in [-0.4, -0.2) is 29.0 Å². The zero-order valence-corrected chi connectivity index (χ0v) is 17.0. The largest absolute Gasteiger partial charge is 0.369 e. The van der Waals surface area contributed by atoms with Crippen LogP contribution in [0.4, 0.5) is 16.2 Å². The van der Waals surface area contributed by atoms with Crippen molar-refractivity contribution in [3.05, 3.63) is 47.4 Å². The van der Waals surface area contributed by atoms with Crippen LogP contribution in [0.15, 0.2) is 30.5 Å². The molecule has 0 aliphatic carbocycles. The van der Waals surface area contributed by atoms with Gasteiger partial charge in [0.25, 0.3) is 5.91 Å². The molecule has 1 aromatic carbocycles. The zero-order valence-electron chi connectivity index (χ0n) is 17.0. The highest BCUT2D eigenvalue weighted by Crippen LogP contribution is 2.18. The average Bonchev–Trinajstić information content (AvgIpc) is 2.72. The van der Waals surface area contributed by atoms with Crippen molar-refractivity contribution in [1.82, 2.24) is 15.3 Å². The molecule has 0 saturated carbocycles. The van der Waals surface area contributed by atoms with E-state index in [0.29, 0.717) is 29.8 Å². The number of amides is 1. The first kappa shape index (κ1) is 21.0. The second-order valence-corrected chi connectivity index (χ2v) is 7.72. The molecule has 1 aliphatic rings. The Labute approximate surface area is 171 Å². The molecule has 6 nitrogen and oxygen atoms in total. The number of fused-ring (bicyclic) bond motifs is 2. The predicted octanol–water partition coefficient (Wildman–Crippen LogP) is 4.36. The molecule has 1 unspecified atom stereocenters. The van der Waals surface area contributed by atoms with Gasteiger partial charge in [-0.25, -0.2) is 9.37 Å². The van der Waals surface area contributed by atoms with Gasteiger partial charge in [0.2, 0.25) is 5.95 Å². The summed E-state index contributed by atoms with van der Waals surface area (Å²) in [5, 5.41) is 9.42. The molecule has 3 N–H and O–H groups in total. The van der Waals surface area contributed by atoms with Crippen molar-refractivity contribution in [3.8, 4) is 0 Å². The first-order chi connectivity index (χ1) is 14.1. The maximum atomic E-state index is 13.0. The minimum atomic E-state index is -0.294. The van der Waals surface area contributed by atoms with Crippen LogP contribution < -0.4 is 16.0 Å². The van der Waals surface area contributed by atoms with E-state index in [-0.39, 0.29) is 11.7 Å². The highest BCUT2D eigenvalue weighted by molar-refractivity contribution is 5.98. The van der Waals surface area contributed by atoms with Gasteiger partial charge < -0.3 is 16.0 Å². The van der Waals surface area contributed by atoms with Gasteiger partial charge in [0.15, 0.2) is 0 Å². The van der Waals surface area contributed by atoms with Gasteiger partial charge in [0.1, 0.15) is 17.2 Å². The summed E-state index contributed by atoms with van der Waals surface area (Å²) >= 11 is 0. The second-order valence-electron chi connectivity index (χ2n) is 7.72. The predicted molar refractivity (Wildman–Crippen MR) is 113 cm³/mol. The zero-order chi connectivity index (χ0) is 20.5. The Morgan fingerprint density at radius 3 is 2.69 bits per heavy atom. The van der Waals surface area contributed by atoms with Gasteiger partial charge in [-0.15, -0.1) is 0 Å². The van der Waals surface area contributed by atoms with Crippen LogP contribution in [0.5, 0.6) is 0 Å². The SMILES string of the molecule is CC1CCCCCNc2ncc(C(=O)NCc3ccc(F)cc3)c(n2)NCCC1. The number of benzene rings is 1. The number of hydrogen-bond donors (Lipinski definition) is 3. The van der Waals surface area contributed by atoms with Gasteiger partial charge in [-0.1, -0.05) is 38.3 Å². The molecule has 1 atom stereocenters. The van der Waals surface area contributed by atoms with Gasteiger partial charge in [-0.3, -0.25) is 4.79 Å². The molecule has 1 amide bonds. The van der Waals surface area contributed by atoms with E-state index in [1.807, 2.05) is 0 Å². The molecule has 2 aromatic rings. The Kier molecular flexibility index (Phi) is 7.78. The van der Waals surface area contributed by atoms with Crippen molar-refractivity contribution in [2.45, 2.75) is 52.0 Å². The third-order valence-electron chi connectivity index (χ3n) is 5.22. The molecule has 2 heterocycles. The number of carbonyl (C=O) groups excluding carboxylic acids is 1. The van der Waals surface area contributed by atoms with Crippen LogP contribution in [0.3, 0.4) is 0 Å². The molecule has 0 fully saturated rings. The summed E-state index contributed by atoms with van der Waals surface area (Å²) in [5.74, 6) is 1.25. The summed E-state index contributed by atoms with van der Waals surface area (Å²) in [4.78, 5) is 21.5. The van der Waals surface area contributed by atoms with Crippen LogP contribution >= 0.6 is 0 Å². The first-order valence-corrected chi connectivity index (χ1v) is 10.5. The Balaban J connectivity index is 1.68. The number of nitrogens with one attached hydrogen (secondary N) is 3. The van der Waals surface area contributed by atoms with Gasteiger partial charge in [-0.2, -0.15) is 4.98 Å². The number of nitrogens with zero attached hydrogens (tertiary/aromatic N) is 2. The highest BCUT2D eigenvalue weighted by Gasteiger charge is 2.15. The summed E-state index contributed by atoms with van der Waals surface area (Å²) in [6.45, 7) is 4.21. The molecular formula is C22H30FN5O. The van der Waals surface area contributed by atoms with Crippen LogP contribution in [0.25, 0.3) is 0 Å². The Bertz CT molecular complexity index is 796. The van der Waals surface area contributed by atoms with Gasteiger partial charge in [-0.05, 0) is 42.9 Å². The number of aromatic nitrogens is 2. The quantitative estimate of drug-likeness (QED) is 0.715. The van der Waals surface area contributed by atoms with E-state index in [1.54, 1.807) is 18.3 Å². The van der Waals surface area contributed by atoms with Crippen LogP contribution in [0.2, 0.25) is 0 Å². The topological polar surface area (TPSA) is 78.9 Å². The van der Waals surface area contributed by atoms with Gasteiger partial charge in [0.05, 0.1) is 0 Å². The third kappa shape index (κ3) is 6.69. The van der Waals surface area contributed by atoms with Gasteiger partial charge in [0, 0.05) is 25.8 Å². The van der Waals surface area contributed by atoms with Crippen molar-refractivity contribution in [2.24, 2.45) is 5.92 Å². The number of rotatable bonds is 3. The Hall–Kier alpha value is -2.70. The summed E-state index contributed by atoms with van der Waals surface area (Å²) in [5.41, 5.74) is 1.25. The fraction of sp³-hybridized carbons (Fsp3) is 0.500. The lowest BCUT2D eigenvalue weighted by atomic mass is 9.98. The van der Waals surface area contributed by atoms with Crippen molar-refractivity contribution < 1.29 is 9.18 Å². The van der Waals surface area contributed by atoms with Crippen molar-refractivity contribution in [3.63, 3.8) is 0 Å². The van der Waals surface area contributed by atoms with E-state index < -0.39 is 0 Å². The maximum Gasteiger partial charge on any atom is 0.256 e. The van der Waals surface area contributed by atoms with E-state index in [2.05, 4.69) is 32.8 Å². The number of hydrogen-bond acceptors (Lipinski definition) is 5. The average molecular weight is 400 g/mol. The summed E-state index contributed by atoms with van der Waals surface area (Å²) in [6, 6.07) is 6.08. The molecule has 0 saturated heterocycles. The van der Waals surface area contributed by atoms with E-state index in [9.17, 15) is 9.18 Å². The molecule has 0 spiro atoms. The third-order valence-corrected chi connectivity index (χ3v) is 5.22. The van der Waals surface area contributed by atoms with E-state index in [4.69, 9.17) is 0 Å². The minimum absolute atomic E-state index is 0.252. The van der Waals surface area contributed by atoms with Crippen molar-refractivity contribution in [1.29, 1.82) is 0 Å². The monoisotopic (exact) mass is 399 g/mol. The maximum absolute atomic E-state index is 13.0. The second kappa shape index (κ2) is 10.7. The Morgan fingerprint density at radius 2 is 1.86 bits per heavy atom. The highest BCUT2D eigenvalue weighted by atomic mass is 19.1. The number of anilines is 2. The molecular weight excluding hydrogens is 369 g/mol. The van der Waals surface area contributed by atoms with Crippen LogP contribution in [0, 0.1) is 11.7 Å². The molecule has 1 aromatic heterocycles. The lowest BCUT2D eigenvalue weighted by Gasteiger charge is -2.16. The minimum Gasteiger partial charge on any atom is -0.369 e. The fourth-order valence-corrected chi connectivity index (χ4v) is 3.44. The molecule has 1 aliphatic heterocycles. The molecule has 3 rings (SSSR count). The standard InChI is InChI=1S/C22H30FN5O/c1-16-6-3-2-4-12-25-22-27-15-19(20(28-22)24-13-5-7-16)21(29)26-14-17-8-10-18(23)11-9-17/h8-11,15-16H,2-7,12-14H2,1H3,(H,26,29)(H2,24,25,27,28). The molecule has 0 radical (unpaired) electrons. The fourth-order valence-electron chi connectivity index (χ4n) is 3.44. The lowest BCUT2D eigenvalue weighted by molar-refractivity contribution is 0.0951. The number of halogens is 1. The molecule has 29 heavy (non-hydrogen) atoms. The van der Waals surface area contributed by atoms with E-state index in [0.717, 1.165) is 37.9 Å². The van der Waals surface area contributed by atoms with E-state index in [1.165, 1.54) is 31.4 Å². The molecule has 7 heteroatoms. The Morgan fingerprint density at radius 1 is 1.10 bits per heavy atom. The van der Waals surface area contributed by atoms with Gasteiger partial charge >= 0.3 is 0 Å². The summed E-state index contributed by atoms with van der Waals surface area (Å²) < 4.78 is 13.0. The summed E-state index contributed by atoms with van der Waals surface area (Å²) in [7, 11) is 0. The van der Waals surface area contributed by atoms with Crippen molar-refractivity contribution >= 4 is 17.7 Å². The van der Waals surface area contributed by atoms with Crippen LogP contribution in [-0.2, 0) is 6.54 Å². The molecule has 156 valence electrons. The normalized spacial score (nSPS) is 18.1. The molecule has 2 bridgehead atoms. The van der Waals surface area contributed by atoms with Crippen molar-refractivity contribution in [2.75, 3.05) is 23.7 Å². The van der Waals surface area contributed by atoms with E-state index >= 15 is 0 Å². The smallest absolute Gasteiger partial charge is 0.256 e. The lowest BCUT2D eigenvalue weighted by Crippen LogP contribution is -2.25. The van der Waals surface area contributed by atoms with Crippen LogP contribution in [0.1, 0.15) is 61.4 Å². The summed E-state index contributed by atoms with van der Waals surface area (Å²) in [6.07, 6.45) is 8.56.